The molecule has 2 rings (SSSR count). The number of halogens is 1. The molecule has 0 spiro atoms. The predicted molar refractivity (Wildman–Crippen MR) is 78.3 cm³/mol. The summed E-state index contributed by atoms with van der Waals surface area (Å²) in [7, 11) is 1.50. The number of carboxylic acid groups (broad SMARTS) is 1. The van der Waals surface area contributed by atoms with Gasteiger partial charge in [-0.05, 0) is 31.5 Å². The predicted octanol–water partition coefficient (Wildman–Crippen LogP) is 3.45. The second-order valence-electron chi connectivity index (χ2n) is 5.16. The maximum atomic E-state index is 13.0. The average Bonchev–Trinajstić information content (AvgIpc) is 2.84. The van der Waals surface area contributed by atoms with E-state index in [1.165, 1.54) is 19.2 Å². The first kappa shape index (κ1) is 15.6. The highest BCUT2D eigenvalue weighted by molar-refractivity contribution is 7.13. The zero-order chi connectivity index (χ0) is 15.6. The number of carboxylic acids is 1. The van der Waals surface area contributed by atoms with Gasteiger partial charge in [-0.25, -0.2) is 14.2 Å². The molecule has 4 nitrogen and oxygen atoms in total. The summed E-state index contributed by atoms with van der Waals surface area (Å²) in [6.45, 7) is 4.01. The molecule has 0 saturated carbocycles. The summed E-state index contributed by atoms with van der Waals surface area (Å²) < 4.78 is 18.0. The van der Waals surface area contributed by atoms with Gasteiger partial charge < -0.3 is 9.84 Å². The van der Waals surface area contributed by atoms with Crippen molar-refractivity contribution < 1.29 is 19.0 Å². The molecule has 21 heavy (non-hydrogen) atoms. The van der Waals surface area contributed by atoms with Gasteiger partial charge in [-0.2, -0.15) is 0 Å². The average molecular weight is 309 g/mol. The quantitative estimate of drug-likeness (QED) is 0.919. The lowest BCUT2D eigenvalue weighted by atomic mass is 9.85. The standard InChI is InChI=1S/C15H16FNO3S/c1-15(2,9-4-6-10(16)7-5-9)14-17-11(8-20-3)12(21-14)13(18)19/h4-7H,8H2,1-3H3,(H,18,19). The Balaban J connectivity index is 2.46. The molecule has 0 fully saturated rings. The molecule has 0 amide bonds. The van der Waals surface area contributed by atoms with E-state index in [-0.39, 0.29) is 17.3 Å². The van der Waals surface area contributed by atoms with Crippen molar-refractivity contribution >= 4 is 17.3 Å². The van der Waals surface area contributed by atoms with Gasteiger partial charge in [0.25, 0.3) is 0 Å². The molecule has 112 valence electrons. The third kappa shape index (κ3) is 3.11. The molecular weight excluding hydrogens is 293 g/mol. The monoisotopic (exact) mass is 309 g/mol. The molecule has 0 aliphatic carbocycles. The minimum atomic E-state index is -1.01. The SMILES string of the molecule is COCc1nc(C(C)(C)c2ccc(F)cc2)sc1C(=O)O. The van der Waals surface area contributed by atoms with E-state index in [1.54, 1.807) is 12.1 Å². The Bertz CT molecular complexity index is 649. The molecule has 1 N–H and O–H groups in total. The first-order valence-corrected chi connectivity index (χ1v) is 7.16. The summed E-state index contributed by atoms with van der Waals surface area (Å²) in [5.41, 5.74) is 0.785. The van der Waals surface area contributed by atoms with Crippen LogP contribution in [0.3, 0.4) is 0 Å². The summed E-state index contributed by atoms with van der Waals surface area (Å²) in [6, 6.07) is 6.15. The van der Waals surface area contributed by atoms with Gasteiger partial charge in [0.15, 0.2) is 0 Å². The molecule has 1 aromatic carbocycles. The number of rotatable bonds is 5. The first-order chi connectivity index (χ1) is 9.86. The first-order valence-electron chi connectivity index (χ1n) is 6.34. The summed E-state index contributed by atoms with van der Waals surface area (Å²) >= 11 is 1.13. The van der Waals surface area contributed by atoms with Crippen molar-refractivity contribution in [3.8, 4) is 0 Å². The van der Waals surface area contributed by atoms with Crippen LogP contribution in [0.1, 0.15) is 39.8 Å². The molecule has 0 aliphatic rings. The minimum absolute atomic E-state index is 0.150. The van der Waals surface area contributed by atoms with Crippen molar-refractivity contribution in [2.45, 2.75) is 25.9 Å². The van der Waals surface area contributed by atoms with Gasteiger partial charge in [-0.1, -0.05) is 12.1 Å². The fourth-order valence-electron chi connectivity index (χ4n) is 2.01. The number of carbonyl (C=O) groups is 1. The summed E-state index contributed by atoms with van der Waals surface area (Å²) in [5, 5.41) is 9.91. The van der Waals surface area contributed by atoms with E-state index in [2.05, 4.69) is 4.98 Å². The Morgan fingerprint density at radius 1 is 1.38 bits per heavy atom. The van der Waals surface area contributed by atoms with E-state index in [1.807, 2.05) is 13.8 Å². The number of ether oxygens (including phenoxy) is 1. The Labute approximate surface area is 126 Å². The highest BCUT2D eigenvalue weighted by atomic mass is 32.1. The molecule has 0 bridgehead atoms. The van der Waals surface area contributed by atoms with Gasteiger partial charge in [0.05, 0.1) is 12.3 Å². The third-order valence-electron chi connectivity index (χ3n) is 3.27. The fraction of sp³-hybridized carbons (Fsp3) is 0.333. The zero-order valence-electron chi connectivity index (χ0n) is 12.0. The van der Waals surface area contributed by atoms with Crippen LogP contribution in [0.15, 0.2) is 24.3 Å². The molecule has 0 saturated heterocycles. The molecule has 1 aromatic heterocycles. The van der Waals surface area contributed by atoms with Gasteiger partial charge in [0, 0.05) is 12.5 Å². The van der Waals surface area contributed by atoms with E-state index >= 15 is 0 Å². The van der Waals surface area contributed by atoms with E-state index in [0.717, 1.165) is 16.9 Å². The lowest BCUT2D eigenvalue weighted by Gasteiger charge is -2.22. The summed E-state index contributed by atoms with van der Waals surface area (Å²) in [4.78, 5) is 15.9. The topological polar surface area (TPSA) is 59.4 Å². The molecule has 0 radical (unpaired) electrons. The Morgan fingerprint density at radius 3 is 2.52 bits per heavy atom. The molecule has 0 atom stereocenters. The van der Waals surface area contributed by atoms with Crippen LogP contribution in [0, 0.1) is 5.82 Å². The summed E-state index contributed by atoms with van der Waals surface area (Å²) in [5.74, 6) is -1.32. The Morgan fingerprint density at radius 2 is 2.00 bits per heavy atom. The van der Waals surface area contributed by atoms with Crippen LogP contribution in [0.25, 0.3) is 0 Å². The van der Waals surface area contributed by atoms with E-state index in [4.69, 9.17) is 4.74 Å². The largest absolute Gasteiger partial charge is 0.477 e. The number of hydrogen-bond donors (Lipinski definition) is 1. The van der Waals surface area contributed by atoms with Crippen molar-refractivity contribution in [2.75, 3.05) is 7.11 Å². The molecule has 1 heterocycles. The molecule has 2 aromatic rings. The number of benzene rings is 1. The van der Waals surface area contributed by atoms with Crippen LogP contribution < -0.4 is 0 Å². The van der Waals surface area contributed by atoms with Crippen molar-refractivity contribution in [1.29, 1.82) is 0 Å². The van der Waals surface area contributed by atoms with Crippen LogP contribution in [-0.2, 0) is 16.8 Å². The van der Waals surface area contributed by atoms with Crippen LogP contribution in [0.5, 0.6) is 0 Å². The maximum absolute atomic E-state index is 13.0. The van der Waals surface area contributed by atoms with Gasteiger partial charge in [0.1, 0.15) is 15.7 Å². The van der Waals surface area contributed by atoms with Gasteiger partial charge in [0.2, 0.25) is 0 Å². The van der Waals surface area contributed by atoms with Crippen molar-refractivity contribution in [3.05, 3.63) is 51.2 Å². The molecule has 0 unspecified atom stereocenters. The highest BCUT2D eigenvalue weighted by Crippen LogP contribution is 2.35. The number of hydrogen-bond acceptors (Lipinski definition) is 4. The summed E-state index contributed by atoms with van der Waals surface area (Å²) in [6.07, 6.45) is 0. The number of methoxy groups -OCH3 is 1. The molecule has 0 aliphatic heterocycles. The lowest BCUT2D eigenvalue weighted by Crippen LogP contribution is -2.18. The van der Waals surface area contributed by atoms with Crippen LogP contribution in [-0.4, -0.2) is 23.2 Å². The van der Waals surface area contributed by atoms with E-state index < -0.39 is 11.4 Å². The third-order valence-corrected chi connectivity index (χ3v) is 4.68. The van der Waals surface area contributed by atoms with E-state index in [0.29, 0.717) is 10.7 Å². The second kappa shape index (κ2) is 5.91. The fourth-order valence-corrected chi connectivity index (χ4v) is 3.04. The van der Waals surface area contributed by atoms with Crippen molar-refractivity contribution in [2.24, 2.45) is 0 Å². The van der Waals surface area contributed by atoms with Crippen molar-refractivity contribution in [1.82, 2.24) is 4.98 Å². The second-order valence-corrected chi connectivity index (χ2v) is 6.16. The molecular formula is C15H16FNO3S. The Kier molecular flexibility index (Phi) is 4.39. The lowest BCUT2D eigenvalue weighted by molar-refractivity contribution is 0.0697. The number of aromatic carboxylic acids is 1. The normalized spacial score (nSPS) is 11.6. The Hall–Kier alpha value is -1.79. The zero-order valence-corrected chi connectivity index (χ0v) is 12.8. The van der Waals surface area contributed by atoms with E-state index in [9.17, 15) is 14.3 Å². The van der Waals surface area contributed by atoms with Crippen molar-refractivity contribution in [3.63, 3.8) is 0 Å². The van der Waals surface area contributed by atoms with Crippen LogP contribution in [0.2, 0.25) is 0 Å². The number of thiazole rings is 1. The highest BCUT2D eigenvalue weighted by Gasteiger charge is 2.30. The van der Waals surface area contributed by atoms with Crippen LogP contribution >= 0.6 is 11.3 Å². The number of nitrogens with zero attached hydrogens (tertiary/aromatic N) is 1. The maximum Gasteiger partial charge on any atom is 0.347 e. The van der Waals surface area contributed by atoms with Crippen LogP contribution in [0.4, 0.5) is 4.39 Å². The van der Waals surface area contributed by atoms with Gasteiger partial charge in [-0.3, -0.25) is 0 Å². The minimum Gasteiger partial charge on any atom is -0.477 e. The van der Waals surface area contributed by atoms with Gasteiger partial charge in [-0.15, -0.1) is 11.3 Å². The van der Waals surface area contributed by atoms with Gasteiger partial charge >= 0.3 is 5.97 Å². The molecule has 6 heteroatoms. The smallest absolute Gasteiger partial charge is 0.347 e. The number of aromatic nitrogens is 1.